The number of phenolic OH excluding ortho intramolecular Hbond substituents is 1. The minimum Gasteiger partial charge on any atom is -0.505 e. The normalized spacial score (nSPS) is 13.5. The van der Waals surface area contributed by atoms with Gasteiger partial charge in [-0.2, -0.15) is 0 Å². The molecule has 0 aliphatic heterocycles. The van der Waals surface area contributed by atoms with Crippen molar-refractivity contribution in [3.05, 3.63) is 46.9 Å². The van der Waals surface area contributed by atoms with Gasteiger partial charge in [-0.1, -0.05) is 19.9 Å². The Labute approximate surface area is 182 Å². The molecule has 0 saturated carbocycles. The van der Waals surface area contributed by atoms with E-state index in [4.69, 9.17) is 10.2 Å². The van der Waals surface area contributed by atoms with Crippen LogP contribution in [0.2, 0.25) is 0 Å². The number of hydrogen-bond acceptors (Lipinski definition) is 5. The van der Waals surface area contributed by atoms with E-state index < -0.39 is 0 Å². The van der Waals surface area contributed by atoms with Crippen LogP contribution in [0.25, 0.3) is 0 Å². The van der Waals surface area contributed by atoms with E-state index in [1.54, 1.807) is 26.2 Å². The predicted molar refractivity (Wildman–Crippen MR) is 121 cm³/mol. The van der Waals surface area contributed by atoms with Crippen molar-refractivity contribution in [1.82, 2.24) is 9.62 Å². The first kappa shape index (κ1) is 23.3. The summed E-state index contributed by atoms with van der Waals surface area (Å²) in [5.74, 6) is 1.65. The number of nitrogens with two attached hydrogens (primary N) is 1. The van der Waals surface area contributed by atoms with E-state index in [0.717, 1.165) is 17.1 Å². The summed E-state index contributed by atoms with van der Waals surface area (Å²) in [6.45, 7) is 8.01. The SMILES string of the molecule is Cc1cc([C@H]([NH+]=C(NS)C(N)=Nc2cccc(C(=O)N(C)C)c2O)C(C)C)oc1C. The number of carbonyl (C=O) groups is 1. The number of thiol groups is 1. The van der Waals surface area contributed by atoms with E-state index in [9.17, 15) is 9.90 Å². The van der Waals surface area contributed by atoms with Gasteiger partial charge in [0, 0.05) is 32.8 Å². The fourth-order valence-electron chi connectivity index (χ4n) is 2.86. The first-order valence-electron chi connectivity index (χ1n) is 9.55. The molecule has 0 aliphatic carbocycles. The van der Waals surface area contributed by atoms with E-state index >= 15 is 0 Å². The van der Waals surface area contributed by atoms with Crippen LogP contribution in [0.4, 0.5) is 5.69 Å². The van der Waals surface area contributed by atoms with Gasteiger partial charge in [-0.3, -0.25) is 9.79 Å². The average Bonchev–Trinajstić information content (AvgIpc) is 3.01. The van der Waals surface area contributed by atoms with Crippen LogP contribution in [0.15, 0.2) is 33.7 Å². The molecule has 2 aromatic rings. The number of rotatable bonds is 5. The molecule has 0 unspecified atom stereocenters. The van der Waals surface area contributed by atoms with Crippen LogP contribution in [0.1, 0.15) is 47.3 Å². The quantitative estimate of drug-likeness (QED) is 0.279. The molecule has 1 atom stereocenters. The maximum atomic E-state index is 12.2. The summed E-state index contributed by atoms with van der Waals surface area (Å²) in [5.41, 5.74) is 7.56. The number of amides is 1. The molecule has 2 rings (SSSR count). The molecular formula is C21H30N5O3S+. The van der Waals surface area contributed by atoms with E-state index in [2.05, 4.69) is 41.4 Å². The Morgan fingerprint density at radius 2 is 2.00 bits per heavy atom. The van der Waals surface area contributed by atoms with Crippen LogP contribution < -0.4 is 15.4 Å². The molecule has 9 heteroatoms. The van der Waals surface area contributed by atoms with Gasteiger partial charge in [-0.05, 0) is 37.6 Å². The highest BCUT2D eigenvalue weighted by Gasteiger charge is 2.25. The van der Waals surface area contributed by atoms with Gasteiger partial charge in [-0.15, -0.1) is 0 Å². The zero-order chi connectivity index (χ0) is 22.6. The number of phenols is 1. The predicted octanol–water partition coefficient (Wildman–Crippen LogP) is 1.60. The molecule has 0 fully saturated rings. The number of para-hydroxylation sites is 1. The van der Waals surface area contributed by atoms with Gasteiger partial charge in [0.05, 0.1) is 5.56 Å². The van der Waals surface area contributed by atoms with E-state index in [0.29, 0.717) is 5.84 Å². The summed E-state index contributed by atoms with van der Waals surface area (Å²) in [7, 11) is 3.22. The second kappa shape index (κ2) is 9.71. The first-order chi connectivity index (χ1) is 14.1. The average molecular weight is 433 g/mol. The summed E-state index contributed by atoms with van der Waals surface area (Å²) in [6.07, 6.45) is 0. The molecule has 30 heavy (non-hydrogen) atoms. The molecular weight excluding hydrogens is 402 g/mol. The van der Waals surface area contributed by atoms with Crippen LogP contribution in [-0.2, 0) is 0 Å². The largest absolute Gasteiger partial charge is 0.505 e. The lowest BCUT2D eigenvalue weighted by Gasteiger charge is -2.14. The zero-order valence-electron chi connectivity index (χ0n) is 18.1. The number of carbonyl (C=O) groups excluding carboxylic acids is 1. The number of benzene rings is 1. The maximum absolute atomic E-state index is 12.2. The summed E-state index contributed by atoms with van der Waals surface area (Å²) in [5, 5.41) is 10.5. The second-order valence-electron chi connectivity index (χ2n) is 7.61. The third kappa shape index (κ3) is 5.15. The summed E-state index contributed by atoms with van der Waals surface area (Å²) in [4.78, 5) is 21.2. The lowest BCUT2D eigenvalue weighted by molar-refractivity contribution is -0.522. The molecule has 8 nitrogen and oxygen atoms in total. The van der Waals surface area contributed by atoms with Crippen molar-refractivity contribution >= 4 is 36.1 Å². The number of aromatic hydroxyl groups is 1. The molecule has 1 amide bonds. The molecule has 0 aliphatic rings. The molecule has 1 aromatic carbocycles. The number of aryl methyl sites for hydroxylation is 2. The topological polar surface area (TPSA) is 118 Å². The summed E-state index contributed by atoms with van der Waals surface area (Å²) >= 11 is 4.14. The zero-order valence-corrected chi connectivity index (χ0v) is 19.0. The van der Waals surface area contributed by atoms with E-state index in [-0.39, 0.29) is 40.7 Å². The lowest BCUT2D eigenvalue weighted by atomic mass is 10.0. The highest BCUT2D eigenvalue weighted by molar-refractivity contribution is 7.78. The van der Waals surface area contributed by atoms with Gasteiger partial charge in [-0.25, -0.2) is 9.71 Å². The number of amidine groups is 2. The molecule has 0 spiro atoms. The van der Waals surface area contributed by atoms with Crippen LogP contribution in [0, 0.1) is 19.8 Å². The first-order valence-corrected chi connectivity index (χ1v) is 10.00. The van der Waals surface area contributed by atoms with Gasteiger partial charge in [0.15, 0.2) is 11.8 Å². The minimum atomic E-state index is -0.332. The number of nitrogens with zero attached hydrogens (tertiary/aromatic N) is 2. The van der Waals surface area contributed by atoms with Crippen molar-refractivity contribution in [3.8, 4) is 5.75 Å². The minimum absolute atomic E-state index is 0.0698. The van der Waals surface area contributed by atoms with Crippen molar-refractivity contribution in [3.63, 3.8) is 0 Å². The van der Waals surface area contributed by atoms with Crippen LogP contribution in [0.3, 0.4) is 0 Å². The standard InChI is InChI=1S/C21H29N5O3S/c1-11(2)17(16-10-12(3)13(4)29-16)24-20(25-30)19(22)23-15-9-7-8-14(18(15)27)21(28)26(5)6/h7-11,17,27,30H,1-6H3,(H2,22,23)(H,24,25)/p+1/t17-/m1/s1. The highest BCUT2D eigenvalue weighted by atomic mass is 32.1. The van der Waals surface area contributed by atoms with Crippen molar-refractivity contribution in [1.29, 1.82) is 0 Å². The smallest absolute Gasteiger partial charge is 0.322 e. The van der Waals surface area contributed by atoms with Gasteiger partial charge in [0.2, 0.25) is 5.84 Å². The molecule has 1 heterocycles. The Morgan fingerprint density at radius 3 is 2.50 bits per heavy atom. The Morgan fingerprint density at radius 1 is 1.33 bits per heavy atom. The van der Waals surface area contributed by atoms with Crippen molar-refractivity contribution in [2.24, 2.45) is 16.6 Å². The summed E-state index contributed by atoms with van der Waals surface area (Å²) < 4.78 is 8.59. The van der Waals surface area contributed by atoms with Crippen molar-refractivity contribution in [2.75, 3.05) is 14.1 Å². The summed E-state index contributed by atoms with van der Waals surface area (Å²) in [6, 6.07) is 6.54. The molecule has 0 radical (unpaired) electrons. The fourth-order valence-corrected chi connectivity index (χ4v) is 3.04. The molecule has 0 saturated heterocycles. The molecule has 0 bridgehead atoms. The molecule has 1 aromatic heterocycles. The Balaban J connectivity index is 2.46. The molecule has 5 N–H and O–H groups in total. The van der Waals surface area contributed by atoms with Crippen molar-refractivity contribution in [2.45, 2.75) is 33.7 Å². The Hall–Kier alpha value is -2.94. The van der Waals surface area contributed by atoms with Crippen LogP contribution in [-0.4, -0.2) is 41.7 Å². The maximum Gasteiger partial charge on any atom is 0.322 e. The van der Waals surface area contributed by atoms with E-state index in [1.165, 1.54) is 11.0 Å². The van der Waals surface area contributed by atoms with E-state index in [1.807, 2.05) is 19.9 Å². The number of hydrogen-bond donors (Lipinski definition) is 5. The highest BCUT2D eigenvalue weighted by Crippen LogP contribution is 2.30. The molecule has 162 valence electrons. The van der Waals surface area contributed by atoms with Gasteiger partial charge in [0.25, 0.3) is 5.91 Å². The number of furan rings is 1. The second-order valence-corrected chi connectivity index (χ2v) is 7.83. The van der Waals surface area contributed by atoms with Crippen molar-refractivity contribution < 1.29 is 19.3 Å². The number of aliphatic imine (C=N–C) groups is 1. The number of nitrogens with one attached hydrogen (secondary N) is 2. The van der Waals surface area contributed by atoms with Gasteiger partial charge < -0.3 is 20.2 Å². The Bertz CT molecular complexity index is 960. The van der Waals surface area contributed by atoms with Crippen LogP contribution >= 0.6 is 12.8 Å². The third-order valence-corrected chi connectivity index (χ3v) is 4.94. The van der Waals surface area contributed by atoms with Gasteiger partial charge in [0.1, 0.15) is 17.2 Å². The van der Waals surface area contributed by atoms with Crippen LogP contribution in [0.5, 0.6) is 5.75 Å². The van der Waals surface area contributed by atoms with Gasteiger partial charge >= 0.3 is 5.84 Å². The fraction of sp³-hybridized carbons (Fsp3) is 0.381. The third-order valence-electron chi connectivity index (χ3n) is 4.72. The monoisotopic (exact) mass is 432 g/mol. The Kier molecular flexibility index (Phi) is 7.55. The lowest BCUT2D eigenvalue weighted by Crippen LogP contribution is -2.80.